The summed E-state index contributed by atoms with van der Waals surface area (Å²) in [5, 5.41) is 0. The first-order valence-corrected chi connectivity index (χ1v) is 4.80. The smallest absolute Gasteiger partial charge is 0.357 e. The maximum absolute atomic E-state index is 12.8. The van der Waals surface area contributed by atoms with Crippen molar-refractivity contribution in [1.82, 2.24) is 0 Å². The molecule has 100 valence electrons. The van der Waals surface area contributed by atoms with Crippen molar-refractivity contribution in [3.05, 3.63) is 12.7 Å². The molecule has 0 bridgehead atoms. The summed E-state index contributed by atoms with van der Waals surface area (Å²) in [5.41, 5.74) is -5.42. The topological polar surface area (TPSA) is 9.23 Å². The van der Waals surface area contributed by atoms with Gasteiger partial charge in [-0.25, -0.2) is 0 Å². The molecule has 0 aromatic carbocycles. The summed E-state index contributed by atoms with van der Waals surface area (Å²) in [6.07, 6.45) is -10.4. The monoisotopic (exact) mass is 262 g/mol. The van der Waals surface area contributed by atoms with Crippen LogP contribution in [0.25, 0.3) is 0 Å². The quantitative estimate of drug-likeness (QED) is 0.517. The summed E-state index contributed by atoms with van der Waals surface area (Å²) in [5.74, 6) is -1.87. The van der Waals surface area contributed by atoms with Crippen molar-refractivity contribution in [2.24, 2.45) is 11.3 Å². The molecule has 0 aromatic heterocycles. The molecule has 0 spiro atoms. The van der Waals surface area contributed by atoms with E-state index in [1.807, 2.05) is 0 Å². The zero-order chi connectivity index (χ0) is 13.7. The third-order valence-electron chi connectivity index (χ3n) is 3.03. The maximum Gasteiger partial charge on any atom is 0.427 e. The average molecular weight is 262 g/mol. The minimum absolute atomic E-state index is 0.622. The van der Waals surface area contributed by atoms with E-state index in [1.165, 1.54) is 13.8 Å². The lowest BCUT2D eigenvalue weighted by Gasteiger charge is -2.38. The molecular weight excluding hydrogens is 250 g/mol. The van der Waals surface area contributed by atoms with E-state index in [4.69, 9.17) is 0 Å². The Bertz CT molecular complexity index is 300. The molecule has 0 amide bonds. The first-order chi connectivity index (χ1) is 7.40. The predicted molar refractivity (Wildman–Crippen MR) is 48.3 cm³/mol. The van der Waals surface area contributed by atoms with E-state index in [0.717, 1.165) is 0 Å². The molecule has 1 saturated heterocycles. The van der Waals surface area contributed by atoms with Gasteiger partial charge >= 0.3 is 12.4 Å². The maximum atomic E-state index is 12.8. The highest BCUT2D eigenvalue weighted by Crippen LogP contribution is 2.59. The van der Waals surface area contributed by atoms with Gasteiger partial charge < -0.3 is 4.74 Å². The lowest BCUT2D eigenvalue weighted by atomic mass is 9.72. The molecule has 1 rings (SSSR count). The minimum atomic E-state index is -5.53. The third-order valence-corrected chi connectivity index (χ3v) is 3.03. The van der Waals surface area contributed by atoms with Crippen molar-refractivity contribution in [2.75, 3.05) is 6.61 Å². The van der Waals surface area contributed by atoms with Crippen LogP contribution in [-0.2, 0) is 4.74 Å². The van der Waals surface area contributed by atoms with Crippen LogP contribution in [0, 0.1) is 11.3 Å². The third kappa shape index (κ3) is 1.84. The highest BCUT2D eigenvalue weighted by molar-refractivity contribution is 5.15. The molecule has 1 aliphatic heterocycles. The lowest BCUT2D eigenvalue weighted by molar-refractivity contribution is -0.377. The molecule has 0 aliphatic carbocycles. The molecule has 1 heterocycles. The van der Waals surface area contributed by atoms with Gasteiger partial charge in [0.25, 0.3) is 5.60 Å². The Morgan fingerprint density at radius 3 is 1.76 bits per heavy atom. The second-order valence-corrected chi connectivity index (χ2v) is 4.72. The van der Waals surface area contributed by atoms with E-state index >= 15 is 0 Å². The van der Waals surface area contributed by atoms with Crippen molar-refractivity contribution >= 4 is 0 Å². The zero-order valence-electron chi connectivity index (χ0n) is 9.24. The number of hydrogen-bond donors (Lipinski definition) is 0. The van der Waals surface area contributed by atoms with Gasteiger partial charge in [0.2, 0.25) is 0 Å². The van der Waals surface area contributed by atoms with E-state index in [1.54, 1.807) is 0 Å². The summed E-state index contributed by atoms with van der Waals surface area (Å²) in [6.45, 7) is 5.04. The van der Waals surface area contributed by atoms with E-state index in [-0.39, 0.29) is 0 Å². The summed E-state index contributed by atoms with van der Waals surface area (Å²) >= 11 is 0. The highest BCUT2D eigenvalue weighted by atomic mass is 19.4. The van der Waals surface area contributed by atoms with Gasteiger partial charge in [0.15, 0.2) is 0 Å². The van der Waals surface area contributed by atoms with E-state index < -0.39 is 35.9 Å². The highest BCUT2D eigenvalue weighted by Gasteiger charge is 2.79. The molecule has 0 N–H and O–H groups in total. The van der Waals surface area contributed by atoms with Crippen LogP contribution in [-0.4, -0.2) is 24.6 Å². The molecule has 0 radical (unpaired) electrons. The number of rotatable bonds is 1. The molecule has 1 atom stereocenters. The minimum Gasteiger partial charge on any atom is -0.357 e. The molecule has 7 heteroatoms. The Labute approximate surface area is 94.4 Å². The van der Waals surface area contributed by atoms with Crippen LogP contribution >= 0.6 is 0 Å². The van der Waals surface area contributed by atoms with Crippen LogP contribution in [0.3, 0.4) is 0 Å². The summed E-state index contributed by atoms with van der Waals surface area (Å²) in [6, 6.07) is 0. The van der Waals surface area contributed by atoms with Crippen molar-refractivity contribution in [2.45, 2.75) is 31.8 Å². The van der Waals surface area contributed by atoms with Crippen molar-refractivity contribution in [1.29, 1.82) is 0 Å². The summed E-state index contributed by atoms with van der Waals surface area (Å²) < 4.78 is 81.0. The molecular formula is C10H12F6O. The average Bonchev–Trinajstić information content (AvgIpc) is 2.34. The second kappa shape index (κ2) is 3.63. The van der Waals surface area contributed by atoms with Gasteiger partial charge in [-0.1, -0.05) is 19.9 Å². The van der Waals surface area contributed by atoms with Crippen LogP contribution in [0.4, 0.5) is 26.3 Å². The van der Waals surface area contributed by atoms with Gasteiger partial charge in [-0.2, -0.15) is 26.3 Å². The molecule has 1 unspecified atom stereocenters. The van der Waals surface area contributed by atoms with Crippen molar-refractivity contribution in [3.8, 4) is 0 Å². The summed E-state index contributed by atoms with van der Waals surface area (Å²) in [7, 11) is 0. The second-order valence-electron chi connectivity index (χ2n) is 4.72. The number of hydrogen-bond acceptors (Lipinski definition) is 1. The Hall–Kier alpha value is -0.720. The Kier molecular flexibility index (Phi) is 3.07. The van der Waals surface area contributed by atoms with Gasteiger partial charge in [0, 0.05) is 5.92 Å². The molecule has 1 nitrogen and oxygen atoms in total. The zero-order valence-corrected chi connectivity index (χ0v) is 9.24. The van der Waals surface area contributed by atoms with E-state index in [0.29, 0.717) is 6.08 Å². The fraction of sp³-hybridized carbons (Fsp3) is 0.800. The molecule has 17 heavy (non-hydrogen) atoms. The van der Waals surface area contributed by atoms with Crippen LogP contribution in [0.1, 0.15) is 13.8 Å². The predicted octanol–water partition coefficient (Wildman–Crippen LogP) is 3.71. The van der Waals surface area contributed by atoms with Crippen molar-refractivity contribution < 1.29 is 31.1 Å². The van der Waals surface area contributed by atoms with Gasteiger partial charge in [-0.15, -0.1) is 6.58 Å². The number of ether oxygens (including phenoxy) is 1. The van der Waals surface area contributed by atoms with Gasteiger partial charge in [-0.3, -0.25) is 0 Å². The Balaban J connectivity index is 3.42. The molecule has 0 aromatic rings. The molecule has 0 saturated carbocycles. The standard InChI is InChI=1S/C10H12F6O/c1-4-6-7(2,3)5-17-8(6,9(11,12)13)10(14,15)16/h4,6H,1,5H2,2-3H3. The lowest BCUT2D eigenvalue weighted by Crippen LogP contribution is -2.61. The van der Waals surface area contributed by atoms with Crippen molar-refractivity contribution in [3.63, 3.8) is 0 Å². The first kappa shape index (κ1) is 14.3. The molecule has 1 aliphatic rings. The fourth-order valence-electron chi connectivity index (χ4n) is 2.19. The van der Waals surface area contributed by atoms with E-state index in [9.17, 15) is 26.3 Å². The van der Waals surface area contributed by atoms with Gasteiger partial charge in [-0.05, 0) is 5.41 Å². The van der Waals surface area contributed by atoms with Crippen LogP contribution < -0.4 is 0 Å². The molecule has 1 fully saturated rings. The van der Waals surface area contributed by atoms with Crippen LogP contribution in [0.5, 0.6) is 0 Å². The number of alkyl halides is 6. The fourth-order valence-corrected chi connectivity index (χ4v) is 2.19. The van der Waals surface area contributed by atoms with Crippen LogP contribution in [0.15, 0.2) is 12.7 Å². The first-order valence-electron chi connectivity index (χ1n) is 4.80. The van der Waals surface area contributed by atoms with Gasteiger partial charge in [0.05, 0.1) is 6.61 Å². The van der Waals surface area contributed by atoms with E-state index in [2.05, 4.69) is 11.3 Å². The summed E-state index contributed by atoms with van der Waals surface area (Å²) in [4.78, 5) is 0. The number of halogens is 6. The van der Waals surface area contributed by atoms with Crippen LogP contribution in [0.2, 0.25) is 0 Å². The Morgan fingerprint density at radius 1 is 1.12 bits per heavy atom. The SMILES string of the molecule is C=CC1C(C)(C)COC1(C(F)(F)F)C(F)(F)F. The van der Waals surface area contributed by atoms with Gasteiger partial charge in [0.1, 0.15) is 0 Å². The Morgan fingerprint density at radius 2 is 1.53 bits per heavy atom. The normalized spacial score (nSPS) is 28.1. The largest absolute Gasteiger partial charge is 0.427 e.